The highest BCUT2D eigenvalue weighted by atomic mass is 16.5. The van der Waals surface area contributed by atoms with Gasteiger partial charge in [-0.25, -0.2) is 9.98 Å². The van der Waals surface area contributed by atoms with E-state index >= 15 is 0 Å². The molecule has 0 bridgehead atoms. The number of pyridine rings is 1. The normalized spacial score (nSPS) is 11.6. The topological polar surface area (TPSA) is 74.3 Å². The van der Waals surface area contributed by atoms with Crippen molar-refractivity contribution < 1.29 is 4.74 Å². The summed E-state index contributed by atoms with van der Waals surface area (Å²) in [6, 6.07) is 10.4. The molecule has 0 aliphatic carbocycles. The predicted molar refractivity (Wildman–Crippen MR) is 115 cm³/mol. The quantitative estimate of drug-likeness (QED) is 0.413. The Labute approximate surface area is 166 Å². The fraction of sp³-hybridized carbons (Fsp3) is 0.364. The molecule has 3 N–H and O–H groups in total. The van der Waals surface area contributed by atoms with Crippen molar-refractivity contribution in [2.75, 3.05) is 19.7 Å². The van der Waals surface area contributed by atoms with E-state index in [2.05, 4.69) is 63.8 Å². The Hall–Kier alpha value is -3.02. The molecule has 0 spiro atoms. The lowest BCUT2D eigenvalue weighted by molar-refractivity contribution is 0.326. The minimum atomic E-state index is 0.574. The number of fused-ring (bicyclic) bond motifs is 1. The van der Waals surface area contributed by atoms with Crippen molar-refractivity contribution in [3.05, 3.63) is 59.4 Å². The molecule has 6 heteroatoms. The van der Waals surface area contributed by atoms with Crippen LogP contribution >= 0.6 is 0 Å². The van der Waals surface area contributed by atoms with E-state index < -0.39 is 0 Å². The number of aliphatic imine (C=N–C) groups is 1. The molecule has 28 heavy (non-hydrogen) atoms. The van der Waals surface area contributed by atoms with Crippen molar-refractivity contribution in [2.45, 2.75) is 33.7 Å². The molecule has 0 fully saturated rings. The van der Waals surface area contributed by atoms with Gasteiger partial charge in [-0.05, 0) is 56.0 Å². The van der Waals surface area contributed by atoms with E-state index in [1.807, 2.05) is 19.1 Å². The van der Waals surface area contributed by atoms with E-state index in [1.54, 1.807) is 6.20 Å². The molecule has 0 aliphatic rings. The number of benzene rings is 1. The van der Waals surface area contributed by atoms with Gasteiger partial charge in [0.25, 0.3) is 0 Å². The summed E-state index contributed by atoms with van der Waals surface area (Å²) in [4.78, 5) is 12.2. The highest BCUT2D eigenvalue weighted by molar-refractivity contribution is 5.84. The molecule has 0 aliphatic heterocycles. The first kappa shape index (κ1) is 19.7. The number of hydrogen-bond donors (Lipinski definition) is 3. The molecule has 6 nitrogen and oxygen atoms in total. The number of nitrogens with zero attached hydrogens (tertiary/aromatic N) is 2. The lowest BCUT2D eigenvalue weighted by Crippen LogP contribution is -2.38. The molecule has 0 atom stereocenters. The van der Waals surface area contributed by atoms with E-state index in [0.29, 0.717) is 19.0 Å². The second-order valence-electron chi connectivity index (χ2n) is 6.67. The molecule has 0 unspecified atom stereocenters. The maximum atomic E-state index is 5.46. The van der Waals surface area contributed by atoms with Crippen molar-refractivity contribution in [2.24, 2.45) is 4.99 Å². The van der Waals surface area contributed by atoms with Crippen molar-refractivity contribution in [1.82, 2.24) is 20.6 Å². The van der Waals surface area contributed by atoms with Crippen LogP contribution in [0.15, 0.2) is 47.7 Å². The van der Waals surface area contributed by atoms with E-state index in [4.69, 9.17) is 4.74 Å². The standard InChI is InChI=1S/C22H29N5O/c1-4-23-22(27-14-17-8-10-24-21(13-17)28-5-2)25-11-9-18-15-26-20-12-16(3)6-7-19(18)20/h6-8,10,12-13,15,26H,4-5,9,11,14H2,1-3H3,(H2,23,25,27). The molecule has 148 valence electrons. The predicted octanol–water partition coefficient (Wildman–Crippen LogP) is 3.57. The fourth-order valence-corrected chi connectivity index (χ4v) is 3.11. The molecule has 0 amide bonds. The second kappa shape index (κ2) is 9.78. The van der Waals surface area contributed by atoms with E-state index in [-0.39, 0.29) is 0 Å². The van der Waals surface area contributed by atoms with Gasteiger partial charge >= 0.3 is 0 Å². The summed E-state index contributed by atoms with van der Waals surface area (Å²) in [6.07, 6.45) is 4.79. The summed E-state index contributed by atoms with van der Waals surface area (Å²) in [5, 5.41) is 8.01. The summed E-state index contributed by atoms with van der Waals surface area (Å²) < 4.78 is 5.46. The van der Waals surface area contributed by atoms with Crippen molar-refractivity contribution in [3.63, 3.8) is 0 Å². The van der Waals surface area contributed by atoms with Gasteiger partial charge in [-0.1, -0.05) is 12.1 Å². The highest BCUT2D eigenvalue weighted by Crippen LogP contribution is 2.19. The Morgan fingerprint density at radius 3 is 2.89 bits per heavy atom. The third-order valence-electron chi connectivity index (χ3n) is 4.47. The molecular weight excluding hydrogens is 350 g/mol. The Bertz CT molecular complexity index is 932. The van der Waals surface area contributed by atoms with Crippen LogP contribution in [-0.2, 0) is 13.0 Å². The van der Waals surface area contributed by atoms with Crippen LogP contribution in [0.5, 0.6) is 5.88 Å². The zero-order chi connectivity index (χ0) is 19.8. The summed E-state index contributed by atoms with van der Waals surface area (Å²) in [6.45, 7) is 8.95. The van der Waals surface area contributed by atoms with Gasteiger partial charge in [-0.2, -0.15) is 0 Å². The number of aromatic nitrogens is 2. The summed E-state index contributed by atoms with van der Waals surface area (Å²) >= 11 is 0. The van der Waals surface area contributed by atoms with Crippen LogP contribution in [0.2, 0.25) is 0 Å². The Morgan fingerprint density at radius 2 is 2.07 bits per heavy atom. The highest BCUT2D eigenvalue weighted by Gasteiger charge is 2.05. The average Bonchev–Trinajstić information content (AvgIpc) is 3.09. The van der Waals surface area contributed by atoms with Crippen molar-refractivity contribution >= 4 is 16.9 Å². The van der Waals surface area contributed by atoms with Crippen molar-refractivity contribution in [3.8, 4) is 5.88 Å². The van der Waals surface area contributed by atoms with Crippen LogP contribution in [0, 0.1) is 6.92 Å². The average molecular weight is 380 g/mol. The number of ether oxygens (including phenoxy) is 1. The fourth-order valence-electron chi connectivity index (χ4n) is 3.11. The molecule has 0 saturated heterocycles. The van der Waals surface area contributed by atoms with Gasteiger partial charge in [-0.3, -0.25) is 0 Å². The third kappa shape index (κ3) is 5.25. The zero-order valence-corrected chi connectivity index (χ0v) is 16.9. The van der Waals surface area contributed by atoms with Gasteiger partial charge in [0.15, 0.2) is 5.96 Å². The Morgan fingerprint density at radius 1 is 1.18 bits per heavy atom. The molecular formula is C22H29N5O. The molecule has 2 heterocycles. The zero-order valence-electron chi connectivity index (χ0n) is 16.9. The van der Waals surface area contributed by atoms with Crippen LogP contribution < -0.4 is 15.4 Å². The van der Waals surface area contributed by atoms with Gasteiger partial charge in [-0.15, -0.1) is 0 Å². The maximum absolute atomic E-state index is 5.46. The van der Waals surface area contributed by atoms with Gasteiger partial charge in [0.2, 0.25) is 5.88 Å². The van der Waals surface area contributed by atoms with E-state index in [0.717, 1.165) is 31.0 Å². The summed E-state index contributed by atoms with van der Waals surface area (Å²) in [5.74, 6) is 1.45. The number of aromatic amines is 1. The smallest absolute Gasteiger partial charge is 0.213 e. The number of hydrogen-bond acceptors (Lipinski definition) is 3. The number of aryl methyl sites for hydroxylation is 1. The Balaban J connectivity index is 1.59. The first-order chi connectivity index (χ1) is 13.7. The first-order valence-electron chi connectivity index (χ1n) is 9.86. The lowest BCUT2D eigenvalue weighted by atomic mass is 10.1. The van der Waals surface area contributed by atoms with Gasteiger partial charge in [0, 0.05) is 42.5 Å². The van der Waals surface area contributed by atoms with Crippen LogP contribution in [0.1, 0.15) is 30.5 Å². The van der Waals surface area contributed by atoms with Gasteiger partial charge < -0.3 is 20.4 Å². The summed E-state index contributed by atoms with van der Waals surface area (Å²) in [5.41, 5.74) is 4.85. The Kier molecular flexibility index (Phi) is 6.89. The number of rotatable bonds is 8. The minimum Gasteiger partial charge on any atom is -0.478 e. The second-order valence-corrected chi connectivity index (χ2v) is 6.67. The van der Waals surface area contributed by atoms with Crippen LogP contribution in [0.4, 0.5) is 0 Å². The van der Waals surface area contributed by atoms with Crippen molar-refractivity contribution in [1.29, 1.82) is 0 Å². The van der Waals surface area contributed by atoms with E-state index in [1.165, 1.54) is 22.0 Å². The molecule has 3 rings (SSSR count). The van der Waals surface area contributed by atoms with Gasteiger partial charge in [0.1, 0.15) is 0 Å². The first-order valence-corrected chi connectivity index (χ1v) is 9.86. The third-order valence-corrected chi connectivity index (χ3v) is 4.47. The summed E-state index contributed by atoms with van der Waals surface area (Å²) in [7, 11) is 0. The monoisotopic (exact) mass is 379 g/mol. The van der Waals surface area contributed by atoms with Crippen LogP contribution in [0.3, 0.4) is 0 Å². The minimum absolute atomic E-state index is 0.574. The number of guanidine groups is 1. The maximum Gasteiger partial charge on any atom is 0.213 e. The largest absolute Gasteiger partial charge is 0.478 e. The molecule has 1 aromatic carbocycles. The molecule has 0 saturated carbocycles. The number of nitrogens with one attached hydrogen (secondary N) is 3. The molecule has 3 aromatic rings. The molecule has 0 radical (unpaired) electrons. The van der Waals surface area contributed by atoms with Crippen LogP contribution in [0.25, 0.3) is 10.9 Å². The van der Waals surface area contributed by atoms with Gasteiger partial charge in [0.05, 0.1) is 13.2 Å². The molecule has 2 aromatic heterocycles. The lowest BCUT2D eigenvalue weighted by Gasteiger charge is -2.11. The van der Waals surface area contributed by atoms with E-state index in [9.17, 15) is 0 Å². The van der Waals surface area contributed by atoms with Crippen LogP contribution in [-0.4, -0.2) is 35.6 Å². The number of H-pyrrole nitrogens is 1. The SMILES string of the molecule is CCNC(=NCc1ccnc(OCC)c1)NCCc1c[nH]c2cc(C)ccc12.